The largest absolute Gasteiger partial charge is 0.339 e. The maximum atomic E-state index is 13.2. The fourth-order valence-electron chi connectivity index (χ4n) is 5.70. The Balaban J connectivity index is 1.15. The third-order valence-corrected chi connectivity index (χ3v) is 7.58. The Morgan fingerprint density at radius 2 is 1.41 bits per heavy atom. The van der Waals surface area contributed by atoms with Crippen molar-refractivity contribution in [3.8, 4) is 0 Å². The van der Waals surface area contributed by atoms with E-state index in [2.05, 4.69) is 15.1 Å². The van der Waals surface area contributed by atoms with Gasteiger partial charge in [-0.25, -0.2) is 0 Å². The zero-order chi connectivity index (χ0) is 23.3. The zero-order valence-electron chi connectivity index (χ0n) is 18.9. The average Bonchev–Trinajstić information content (AvgIpc) is 3.19. The van der Waals surface area contributed by atoms with Gasteiger partial charge in [-0.3, -0.25) is 19.3 Å². The Labute approximate surface area is 197 Å². The van der Waals surface area contributed by atoms with Gasteiger partial charge < -0.3 is 15.1 Å². The molecule has 0 atom stereocenters. The number of amides is 3. The standard InChI is InChI=1S/C27H26N4O3/c32-24-21-10-4-6-19-7-5-11-22(23(19)21)25(33)30(24)17-16-29-14-12-27(13-15-29)26(34)28-18-31(27)20-8-2-1-3-9-20/h1-11H,12-18H2,(H,28,34). The van der Waals surface area contributed by atoms with E-state index in [-0.39, 0.29) is 17.7 Å². The number of carbonyl (C=O) groups is 3. The molecule has 2 saturated heterocycles. The van der Waals surface area contributed by atoms with Gasteiger partial charge in [0.1, 0.15) is 5.54 Å². The minimum atomic E-state index is -0.538. The van der Waals surface area contributed by atoms with Gasteiger partial charge in [-0.15, -0.1) is 0 Å². The summed E-state index contributed by atoms with van der Waals surface area (Å²) < 4.78 is 0. The van der Waals surface area contributed by atoms with Crippen LogP contribution in [0, 0.1) is 0 Å². The molecule has 3 aliphatic rings. The van der Waals surface area contributed by atoms with E-state index in [9.17, 15) is 14.4 Å². The third kappa shape index (κ3) is 3.11. The molecule has 0 unspecified atom stereocenters. The first-order chi connectivity index (χ1) is 16.6. The van der Waals surface area contributed by atoms with Gasteiger partial charge >= 0.3 is 0 Å². The van der Waals surface area contributed by atoms with Gasteiger partial charge in [-0.2, -0.15) is 0 Å². The number of para-hydroxylation sites is 1. The number of piperidine rings is 1. The predicted octanol–water partition coefficient (Wildman–Crippen LogP) is 2.86. The maximum Gasteiger partial charge on any atom is 0.261 e. The van der Waals surface area contributed by atoms with Gasteiger partial charge in [0, 0.05) is 48.4 Å². The number of anilines is 1. The highest BCUT2D eigenvalue weighted by Crippen LogP contribution is 2.36. The first-order valence-electron chi connectivity index (χ1n) is 11.8. The number of hydrogen-bond acceptors (Lipinski definition) is 5. The molecule has 3 amide bonds. The first-order valence-corrected chi connectivity index (χ1v) is 11.8. The molecule has 0 aromatic heterocycles. The molecule has 1 spiro atoms. The van der Waals surface area contributed by atoms with Crippen molar-refractivity contribution < 1.29 is 14.4 Å². The summed E-state index contributed by atoms with van der Waals surface area (Å²) in [4.78, 5) is 45.0. The van der Waals surface area contributed by atoms with Crippen molar-refractivity contribution in [2.24, 2.45) is 0 Å². The lowest BCUT2D eigenvalue weighted by Crippen LogP contribution is -2.57. The number of rotatable bonds is 4. The van der Waals surface area contributed by atoms with Gasteiger partial charge in [0.15, 0.2) is 0 Å². The highest BCUT2D eigenvalue weighted by Gasteiger charge is 2.50. The van der Waals surface area contributed by atoms with Gasteiger partial charge in [0.25, 0.3) is 11.8 Å². The summed E-state index contributed by atoms with van der Waals surface area (Å²) in [5, 5.41) is 4.70. The van der Waals surface area contributed by atoms with Gasteiger partial charge in [0.05, 0.1) is 6.67 Å². The summed E-state index contributed by atoms with van der Waals surface area (Å²) in [7, 11) is 0. The number of benzene rings is 3. The second-order valence-corrected chi connectivity index (χ2v) is 9.27. The molecule has 3 aliphatic heterocycles. The smallest absolute Gasteiger partial charge is 0.261 e. The van der Waals surface area contributed by atoms with Crippen molar-refractivity contribution in [3.05, 3.63) is 77.9 Å². The normalized spacial score (nSPS) is 19.8. The highest BCUT2D eigenvalue weighted by molar-refractivity contribution is 6.25. The van der Waals surface area contributed by atoms with Crippen LogP contribution in [0.5, 0.6) is 0 Å². The summed E-state index contributed by atoms with van der Waals surface area (Å²) in [5.74, 6) is -0.372. The first kappa shape index (κ1) is 20.9. The van der Waals surface area contributed by atoms with Gasteiger partial charge in [-0.05, 0) is 42.5 Å². The van der Waals surface area contributed by atoms with Gasteiger partial charge in [0.2, 0.25) is 5.91 Å². The molecule has 34 heavy (non-hydrogen) atoms. The third-order valence-electron chi connectivity index (χ3n) is 7.58. The summed E-state index contributed by atoms with van der Waals surface area (Å²) in [6.45, 7) is 2.92. The van der Waals surface area contributed by atoms with E-state index in [0.717, 1.165) is 29.5 Å². The number of nitrogens with zero attached hydrogens (tertiary/aromatic N) is 3. The predicted molar refractivity (Wildman–Crippen MR) is 130 cm³/mol. The molecule has 3 aromatic rings. The van der Waals surface area contributed by atoms with Crippen LogP contribution in [-0.2, 0) is 4.79 Å². The number of likely N-dealkylation sites (tertiary alicyclic amines) is 1. The van der Waals surface area contributed by atoms with Crippen molar-refractivity contribution in [2.75, 3.05) is 37.7 Å². The Morgan fingerprint density at radius 3 is 2.06 bits per heavy atom. The molecule has 0 radical (unpaired) electrons. The second-order valence-electron chi connectivity index (χ2n) is 9.27. The fraction of sp³-hybridized carbons (Fsp3) is 0.296. The fourth-order valence-corrected chi connectivity index (χ4v) is 5.70. The summed E-state index contributed by atoms with van der Waals surface area (Å²) in [6.07, 6.45) is 1.41. The number of hydrogen-bond donors (Lipinski definition) is 1. The molecular weight excluding hydrogens is 428 g/mol. The Bertz CT molecular complexity index is 1250. The van der Waals surface area contributed by atoms with E-state index in [4.69, 9.17) is 0 Å². The van der Waals surface area contributed by atoms with Crippen molar-refractivity contribution in [2.45, 2.75) is 18.4 Å². The van der Waals surface area contributed by atoms with Crippen molar-refractivity contribution in [1.29, 1.82) is 0 Å². The minimum Gasteiger partial charge on any atom is -0.339 e. The van der Waals surface area contributed by atoms with Crippen LogP contribution in [0.25, 0.3) is 10.8 Å². The van der Waals surface area contributed by atoms with E-state index < -0.39 is 5.54 Å². The molecule has 2 fully saturated rings. The van der Waals surface area contributed by atoms with Crippen LogP contribution in [0.2, 0.25) is 0 Å². The quantitative estimate of drug-likeness (QED) is 0.614. The zero-order valence-corrected chi connectivity index (χ0v) is 18.9. The van der Waals surface area contributed by atoms with E-state index in [1.54, 1.807) is 12.1 Å². The lowest BCUT2D eigenvalue weighted by molar-refractivity contribution is -0.125. The molecular formula is C27H26N4O3. The van der Waals surface area contributed by atoms with Crippen molar-refractivity contribution in [1.82, 2.24) is 15.1 Å². The van der Waals surface area contributed by atoms with Crippen LogP contribution in [0.15, 0.2) is 66.7 Å². The Kier molecular flexibility index (Phi) is 4.88. The summed E-state index contributed by atoms with van der Waals surface area (Å²) >= 11 is 0. The van der Waals surface area contributed by atoms with E-state index >= 15 is 0 Å². The monoisotopic (exact) mass is 454 g/mol. The molecule has 7 nitrogen and oxygen atoms in total. The van der Waals surface area contributed by atoms with E-state index in [0.29, 0.717) is 43.7 Å². The van der Waals surface area contributed by atoms with Crippen LogP contribution in [-0.4, -0.2) is 65.9 Å². The SMILES string of the molecule is O=C1c2cccc3cccc(c23)C(=O)N1CCN1CCC2(CC1)C(=O)NCN2c1ccccc1. The number of nitrogens with one attached hydrogen (secondary N) is 1. The Hall–Kier alpha value is -3.71. The topological polar surface area (TPSA) is 73.0 Å². The molecule has 1 N–H and O–H groups in total. The molecule has 0 bridgehead atoms. The lowest BCUT2D eigenvalue weighted by Gasteiger charge is -2.43. The Morgan fingerprint density at radius 1 is 0.765 bits per heavy atom. The molecule has 3 aromatic carbocycles. The van der Waals surface area contributed by atoms with E-state index in [1.165, 1.54) is 4.90 Å². The number of imide groups is 1. The summed E-state index contributed by atoms with van der Waals surface area (Å²) in [5.41, 5.74) is 1.69. The molecule has 7 heteroatoms. The molecule has 0 aliphatic carbocycles. The molecule has 172 valence electrons. The van der Waals surface area contributed by atoms with Crippen molar-refractivity contribution in [3.63, 3.8) is 0 Å². The van der Waals surface area contributed by atoms with Crippen LogP contribution < -0.4 is 10.2 Å². The van der Waals surface area contributed by atoms with Crippen LogP contribution in [0.4, 0.5) is 5.69 Å². The van der Waals surface area contributed by atoms with Crippen LogP contribution >= 0.6 is 0 Å². The van der Waals surface area contributed by atoms with E-state index in [1.807, 2.05) is 54.6 Å². The maximum absolute atomic E-state index is 13.2. The number of carbonyl (C=O) groups excluding carboxylic acids is 3. The van der Waals surface area contributed by atoms with Crippen LogP contribution in [0.1, 0.15) is 33.6 Å². The average molecular weight is 455 g/mol. The second kappa shape index (κ2) is 7.95. The van der Waals surface area contributed by atoms with Gasteiger partial charge in [-0.1, -0.05) is 42.5 Å². The van der Waals surface area contributed by atoms with Crippen LogP contribution in [0.3, 0.4) is 0 Å². The molecule has 0 saturated carbocycles. The lowest BCUT2D eigenvalue weighted by atomic mass is 9.85. The highest BCUT2D eigenvalue weighted by atomic mass is 16.2. The summed E-state index contributed by atoms with van der Waals surface area (Å²) in [6, 6.07) is 21.2. The van der Waals surface area contributed by atoms with Crippen molar-refractivity contribution >= 4 is 34.2 Å². The minimum absolute atomic E-state index is 0.0853. The molecule has 6 rings (SSSR count). The molecule has 3 heterocycles.